The molecule has 0 saturated heterocycles. The van der Waals surface area contributed by atoms with Crippen LogP contribution in [0, 0.1) is 0 Å². The van der Waals surface area contributed by atoms with Gasteiger partial charge in [-0.2, -0.15) is 0 Å². The number of hydrogen-bond acceptors (Lipinski definition) is 1. The molecule has 11 heavy (non-hydrogen) atoms. The molecule has 0 bridgehead atoms. The Bertz CT molecular complexity index is 261. The molecule has 0 radical (unpaired) electrons. The first-order valence-corrected chi connectivity index (χ1v) is 4.34. The second kappa shape index (κ2) is 2.82. The number of rotatable bonds is 0. The molecule has 2 aliphatic rings. The largest absolute Gasteiger partial charge is 0.285 e. The highest BCUT2D eigenvalue weighted by Crippen LogP contribution is 2.26. The van der Waals surface area contributed by atoms with Crippen molar-refractivity contribution >= 4 is 17.3 Å². The summed E-state index contributed by atoms with van der Waals surface area (Å²) in [7, 11) is 0. The number of dihydropyridines is 1. The Balaban J connectivity index is 2.41. The van der Waals surface area contributed by atoms with Gasteiger partial charge >= 0.3 is 0 Å². The Morgan fingerprint density at radius 2 is 2.27 bits per heavy atom. The normalized spacial score (nSPS) is 23.2. The van der Waals surface area contributed by atoms with Gasteiger partial charge in [0.1, 0.15) is 0 Å². The summed E-state index contributed by atoms with van der Waals surface area (Å²) in [6.45, 7) is 0.863. The van der Waals surface area contributed by atoms with Gasteiger partial charge < -0.3 is 0 Å². The predicted molar refractivity (Wildman–Crippen MR) is 48.2 cm³/mol. The van der Waals surface area contributed by atoms with Crippen LogP contribution in [-0.4, -0.2) is 12.3 Å². The fraction of sp³-hybridized carbons (Fsp3) is 0.444. The quantitative estimate of drug-likeness (QED) is 0.526. The lowest BCUT2D eigenvalue weighted by molar-refractivity contribution is 0.909. The van der Waals surface area contributed by atoms with Crippen LogP contribution < -0.4 is 0 Å². The zero-order valence-electron chi connectivity index (χ0n) is 6.31. The van der Waals surface area contributed by atoms with Crippen molar-refractivity contribution < 1.29 is 0 Å². The molecule has 1 heterocycles. The molecule has 0 N–H and O–H groups in total. The van der Waals surface area contributed by atoms with Gasteiger partial charge in [-0.1, -0.05) is 17.7 Å². The summed E-state index contributed by atoms with van der Waals surface area (Å²) in [6.07, 6.45) is 7.38. The third kappa shape index (κ3) is 1.25. The molecule has 0 atom stereocenters. The van der Waals surface area contributed by atoms with Crippen LogP contribution in [0.3, 0.4) is 0 Å². The van der Waals surface area contributed by atoms with Crippen molar-refractivity contribution in [1.82, 2.24) is 0 Å². The van der Waals surface area contributed by atoms with Crippen molar-refractivity contribution in [2.45, 2.75) is 19.3 Å². The van der Waals surface area contributed by atoms with E-state index in [1.165, 1.54) is 5.57 Å². The summed E-state index contributed by atoms with van der Waals surface area (Å²) in [5, 5.41) is 1.03. The van der Waals surface area contributed by atoms with Crippen LogP contribution in [0.4, 0.5) is 0 Å². The number of allylic oxidation sites excluding steroid dienone is 3. The lowest BCUT2D eigenvalue weighted by atomic mass is 9.96. The van der Waals surface area contributed by atoms with Crippen molar-refractivity contribution in [1.29, 1.82) is 0 Å². The summed E-state index contributed by atoms with van der Waals surface area (Å²) in [4.78, 5) is 4.39. The van der Waals surface area contributed by atoms with Gasteiger partial charge in [-0.25, -0.2) is 0 Å². The smallest absolute Gasteiger partial charge is 0.0614 e. The molecule has 0 unspecified atom stereocenters. The molecule has 0 fully saturated rings. The SMILES string of the molecule is ClC1=C2CCC=CC2=NCC1. The first-order valence-electron chi connectivity index (χ1n) is 3.97. The highest BCUT2D eigenvalue weighted by molar-refractivity contribution is 6.33. The molecule has 0 aromatic rings. The maximum atomic E-state index is 6.06. The average molecular weight is 168 g/mol. The first kappa shape index (κ1) is 7.11. The van der Waals surface area contributed by atoms with Crippen LogP contribution in [0.2, 0.25) is 0 Å². The molecule has 2 rings (SSSR count). The van der Waals surface area contributed by atoms with Gasteiger partial charge in [0.05, 0.1) is 5.71 Å². The van der Waals surface area contributed by atoms with Crippen LogP contribution in [0.1, 0.15) is 19.3 Å². The molecule has 1 aliphatic heterocycles. The lowest BCUT2D eigenvalue weighted by Gasteiger charge is -2.17. The number of nitrogens with zero attached hydrogens (tertiary/aromatic N) is 1. The molecular weight excluding hydrogens is 158 g/mol. The van der Waals surface area contributed by atoms with Crippen LogP contribution in [0.15, 0.2) is 27.7 Å². The van der Waals surface area contributed by atoms with Crippen molar-refractivity contribution in [2.24, 2.45) is 4.99 Å². The maximum absolute atomic E-state index is 6.06. The molecule has 2 heteroatoms. The van der Waals surface area contributed by atoms with E-state index in [1.807, 2.05) is 0 Å². The van der Waals surface area contributed by atoms with Gasteiger partial charge in [0.25, 0.3) is 0 Å². The van der Waals surface area contributed by atoms with Crippen LogP contribution in [-0.2, 0) is 0 Å². The van der Waals surface area contributed by atoms with Crippen molar-refractivity contribution in [2.75, 3.05) is 6.54 Å². The summed E-state index contributed by atoms with van der Waals surface area (Å²) >= 11 is 6.06. The van der Waals surface area contributed by atoms with Gasteiger partial charge in [0, 0.05) is 18.0 Å². The molecule has 0 aromatic carbocycles. The Morgan fingerprint density at radius 1 is 1.36 bits per heavy atom. The van der Waals surface area contributed by atoms with Crippen molar-refractivity contribution in [3.8, 4) is 0 Å². The number of halogens is 1. The molecule has 0 saturated carbocycles. The van der Waals surface area contributed by atoms with Gasteiger partial charge in [-0.15, -0.1) is 0 Å². The molecular formula is C9H10ClN. The number of fused-ring (bicyclic) bond motifs is 1. The zero-order valence-corrected chi connectivity index (χ0v) is 7.06. The molecule has 1 nitrogen and oxygen atoms in total. The molecule has 58 valence electrons. The maximum Gasteiger partial charge on any atom is 0.0614 e. The minimum Gasteiger partial charge on any atom is -0.285 e. The Morgan fingerprint density at radius 3 is 3.09 bits per heavy atom. The Kier molecular flexibility index (Phi) is 1.82. The van der Waals surface area contributed by atoms with Gasteiger partial charge in [-0.05, 0) is 24.5 Å². The fourth-order valence-corrected chi connectivity index (χ4v) is 1.78. The highest BCUT2D eigenvalue weighted by atomic mass is 35.5. The molecule has 0 amide bonds. The Labute approximate surface area is 71.5 Å². The summed E-state index contributed by atoms with van der Waals surface area (Å²) in [6, 6.07) is 0. The first-order chi connectivity index (χ1) is 5.38. The number of hydrogen-bond donors (Lipinski definition) is 0. The van der Waals surface area contributed by atoms with Gasteiger partial charge in [-0.3, -0.25) is 4.99 Å². The van der Waals surface area contributed by atoms with E-state index in [1.54, 1.807) is 0 Å². The number of aliphatic imine (C=N–C) groups is 1. The summed E-state index contributed by atoms with van der Waals surface area (Å²) in [5.74, 6) is 0. The monoisotopic (exact) mass is 167 g/mol. The molecule has 0 aromatic heterocycles. The third-order valence-corrected chi connectivity index (χ3v) is 2.50. The minimum atomic E-state index is 0.863. The van der Waals surface area contributed by atoms with Crippen LogP contribution >= 0.6 is 11.6 Å². The van der Waals surface area contributed by atoms with E-state index in [9.17, 15) is 0 Å². The molecule has 0 spiro atoms. The average Bonchev–Trinajstić information content (AvgIpc) is 2.06. The van der Waals surface area contributed by atoms with E-state index in [0.29, 0.717) is 0 Å². The van der Waals surface area contributed by atoms with E-state index in [-0.39, 0.29) is 0 Å². The second-order valence-corrected chi connectivity index (χ2v) is 3.30. The van der Waals surface area contributed by atoms with E-state index >= 15 is 0 Å². The van der Waals surface area contributed by atoms with Crippen LogP contribution in [0.5, 0.6) is 0 Å². The summed E-state index contributed by atoms with van der Waals surface area (Å²) < 4.78 is 0. The highest BCUT2D eigenvalue weighted by Gasteiger charge is 2.15. The molecule has 1 aliphatic carbocycles. The third-order valence-electron chi connectivity index (χ3n) is 2.09. The summed E-state index contributed by atoms with van der Waals surface area (Å²) in [5.41, 5.74) is 2.40. The van der Waals surface area contributed by atoms with Crippen LogP contribution in [0.25, 0.3) is 0 Å². The van der Waals surface area contributed by atoms with E-state index in [4.69, 9.17) is 11.6 Å². The van der Waals surface area contributed by atoms with E-state index in [2.05, 4.69) is 17.1 Å². The van der Waals surface area contributed by atoms with Crippen molar-refractivity contribution in [3.05, 3.63) is 22.8 Å². The van der Waals surface area contributed by atoms with Crippen molar-refractivity contribution in [3.63, 3.8) is 0 Å². The minimum absolute atomic E-state index is 0.863. The fourth-order valence-electron chi connectivity index (χ4n) is 1.50. The zero-order chi connectivity index (χ0) is 7.68. The topological polar surface area (TPSA) is 12.4 Å². The van der Waals surface area contributed by atoms with Gasteiger partial charge in [0.2, 0.25) is 0 Å². The standard InChI is InChI=1S/C9H10ClN/c10-8-5-6-11-9-4-2-1-3-7(8)9/h2,4H,1,3,5-6H2. The lowest BCUT2D eigenvalue weighted by Crippen LogP contribution is -2.11. The predicted octanol–water partition coefficient (Wildman–Crippen LogP) is 2.67. The van der Waals surface area contributed by atoms with E-state index < -0.39 is 0 Å². The van der Waals surface area contributed by atoms with E-state index in [0.717, 1.165) is 36.6 Å². The van der Waals surface area contributed by atoms with Gasteiger partial charge in [0.15, 0.2) is 0 Å². The second-order valence-electron chi connectivity index (χ2n) is 2.84. The Hall–Kier alpha value is -0.560.